The maximum absolute atomic E-state index is 13.6. The van der Waals surface area contributed by atoms with Gasteiger partial charge in [0.25, 0.3) is 0 Å². The van der Waals surface area contributed by atoms with Gasteiger partial charge in [-0.25, -0.2) is 13.6 Å². The van der Waals surface area contributed by atoms with Crippen LogP contribution in [0.5, 0.6) is 5.75 Å². The first-order chi connectivity index (χ1) is 44.3. The highest BCUT2D eigenvalue weighted by atomic mass is 19.2. The molecule has 528 valence electrons. The number of aliphatic carboxylic acids is 5. The van der Waals surface area contributed by atoms with E-state index in [0.717, 1.165) is 0 Å². The highest BCUT2D eigenvalue weighted by molar-refractivity contribution is 5.83. The molecular weight excluding hydrogens is 1240 g/mol. The second-order valence-electron chi connectivity index (χ2n) is 20.2. The predicted molar refractivity (Wildman–Crippen MR) is 311 cm³/mol. The molecule has 35 heteroatoms. The van der Waals surface area contributed by atoms with Crippen molar-refractivity contribution in [3.63, 3.8) is 0 Å². The Labute approximate surface area is 530 Å². The zero-order valence-electron chi connectivity index (χ0n) is 51.9. The number of amides is 2. The van der Waals surface area contributed by atoms with Crippen LogP contribution in [-0.2, 0) is 90.5 Å². The molecule has 0 saturated carbocycles. The molecule has 1 fully saturated rings. The Kier molecular flexibility index (Phi) is 46.9. The Bertz CT molecular complexity index is 2220. The highest BCUT2D eigenvalue weighted by Crippen LogP contribution is 2.27. The number of hydrogen-bond donors (Lipinski definition) is 7. The Hall–Kier alpha value is -5.90. The van der Waals surface area contributed by atoms with Crippen LogP contribution in [0, 0.1) is 23.3 Å². The van der Waals surface area contributed by atoms with Crippen LogP contribution in [0.15, 0.2) is 6.07 Å². The van der Waals surface area contributed by atoms with Crippen molar-refractivity contribution >= 4 is 47.6 Å². The lowest BCUT2D eigenvalue weighted by Gasteiger charge is -2.35. The summed E-state index contributed by atoms with van der Waals surface area (Å²) in [5.41, 5.74) is 0. The Morgan fingerprint density at radius 2 is 0.750 bits per heavy atom. The van der Waals surface area contributed by atoms with Gasteiger partial charge in [-0.2, -0.15) is 8.78 Å². The van der Waals surface area contributed by atoms with Crippen molar-refractivity contribution in [2.45, 2.75) is 57.0 Å². The van der Waals surface area contributed by atoms with Gasteiger partial charge in [-0.05, 0) is 25.7 Å². The number of hydrogen-bond acceptors (Lipinski definition) is 24. The number of benzene rings is 1. The Balaban J connectivity index is 1.39. The molecule has 0 aromatic heterocycles. The lowest BCUT2D eigenvalue weighted by molar-refractivity contribution is -0.145. The van der Waals surface area contributed by atoms with Gasteiger partial charge in [-0.3, -0.25) is 53.2 Å². The number of esters is 1. The van der Waals surface area contributed by atoms with Crippen LogP contribution in [0.1, 0.15) is 44.9 Å². The van der Waals surface area contributed by atoms with E-state index in [9.17, 15) is 81.5 Å². The van der Waals surface area contributed by atoms with E-state index < -0.39 is 95.2 Å². The topological polar surface area (TPSA) is 385 Å². The summed E-state index contributed by atoms with van der Waals surface area (Å²) in [7, 11) is 0. The quantitative estimate of drug-likeness (QED) is 0.0144. The van der Waals surface area contributed by atoms with Crippen LogP contribution < -0.4 is 15.4 Å². The first-order valence-electron chi connectivity index (χ1n) is 30.2. The molecule has 1 aromatic carbocycles. The molecule has 1 unspecified atom stereocenters. The van der Waals surface area contributed by atoms with E-state index in [1.165, 1.54) is 0 Å². The Morgan fingerprint density at radius 3 is 1.09 bits per heavy atom. The molecule has 0 bridgehead atoms. The molecule has 1 saturated heterocycles. The van der Waals surface area contributed by atoms with E-state index in [0.29, 0.717) is 112 Å². The molecule has 1 aliphatic heterocycles. The summed E-state index contributed by atoms with van der Waals surface area (Å²) in [5, 5.41) is 53.5. The van der Waals surface area contributed by atoms with Gasteiger partial charge in [-0.15, -0.1) is 0 Å². The SMILES string of the molecule is O=C(O)CN1CCN(CC(=O)O)CCN(C(CCC(=O)NCCCC[C@H](NC(=O)CCOCCOCCOCCOCCOCCOCCOCCOCCOCCOCCOCCC(=O)Oc2c(F)c(F)cc(F)c2F)C(=O)O)C(=O)O)CCN(CC(=O)O)CC1. The molecule has 0 radical (unpaired) electrons. The summed E-state index contributed by atoms with van der Waals surface area (Å²) in [6.45, 7) is 6.18. The minimum Gasteiger partial charge on any atom is -0.480 e. The summed E-state index contributed by atoms with van der Waals surface area (Å²) in [4.78, 5) is 102. The molecule has 0 spiro atoms. The monoisotopic (exact) mass is 1340 g/mol. The highest BCUT2D eigenvalue weighted by Gasteiger charge is 2.29. The van der Waals surface area contributed by atoms with Crippen molar-refractivity contribution in [2.75, 3.05) is 224 Å². The molecule has 2 rings (SSSR count). The van der Waals surface area contributed by atoms with Crippen molar-refractivity contribution < 1.29 is 138 Å². The maximum atomic E-state index is 13.6. The van der Waals surface area contributed by atoms with Gasteiger partial charge in [0.2, 0.25) is 29.2 Å². The lowest BCUT2D eigenvalue weighted by atomic mass is 10.1. The summed E-state index contributed by atoms with van der Waals surface area (Å²) in [6.07, 6.45) is -0.0617. The molecule has 7 N–H and O–H groups in total. The van der Waals surface area contributed by atoms with Crippen LogP contribution in [0.2, 0.25) is 0 Å². The van der Waals surface area contributed by atoms with Gasteiger partial charge >= 0.3 is 35.8 Å². The van der Waals surface area contributed by atoms with E-state index in [-0.39, 0.29) is 157 Å². The van der Waals surface area contributed by atoms with E-state index in [4.69, 9.17) is 52.1 Å². The smallest absolute Gasteiger partial charge is 0.326 e. The largest absolute Gasteiger partial charge is 0.480 e. The summed E-state index contributed by atoms with van der Waals surface area (Å²) in [5.74, 6) is -16.4. The van der Waals surface area contributed by atoms with Gasteiger partial charge in [0.05, 0.1) is 171 Å². The molecule has 2 amide bonds. The summed E-state index contributed by atoms with van der Waals surface area (Å²) in [6, 6.07) is -2.36. The number of carbonyl (C=O) groups excluding carboxylic acids is 3. The number of carboxylic acid groups (broad SMARTS) is 5. The minimum absolute atomic E-state index is 0.00370. The normalized spacial score (nSPS) is 14.7. The predicted octanol–water partition coefficient (Wildman–Crippen LogP) is -0.324. The standard InChI is InChI=1S/C57H92F4N6O25/c58-43-39-44(59)54(61)55(53(43)60)92-52(76)7-18-82-20-22-84-24-26-86-28-30-88-32-34-90-36-38-91-37-35-89-33-31-87-29-27-85-25-23-83-21-19-81-17-6-48(69)63-45(56(77)78)3-1-2-8-62-47(68)5-4-46(57(79)80)67-15-13-65(41-50(72)73)11-9-64(40-49(70)71)10-12-66(14-16-67)42-51(74)75/h39,45-46H,1-38,40-42H2,(H,62,68)(H,63,69)(H,70,71)(H,72,73)(H,74,75)(H,77,78)(H,79,80)/t45-,46?/m0/s1. The molecule has 31 nitrogen and oxygen atoms in total. The Morgan fingerprint density at radius 1 is 0.413 bits per heavy atom. The van der Waals surface area contributed by atoms with Crippen molar-refractivity contribution in [3.05, 3.63) is 29.3 Å². The fraction of sp³-hybridized carbons (Fsp3) is 0.754. The number of halogens is 4. The summed E-state index contributed by atoms with van der Waals surface area (Å²) >= 11 is 0. The second kappa shape index (κ2) is 52.5. The second-order valence-corrected chi connectivity index (χ2v) is 20.2. The van der Waals surface area contributed by atoms with E-state index in [2.05, 4.69) is 15.4 Å². The van der Waals surface area contributed by atoms with E-state index >= 15 is 0 Å². The van der Waals surface area contributed by atoms with Crippen molar-refractivity contribution in [2.24, 2.45) is 0 Å². The van der Waals surface area contributed by atoms with Crippen LogP contribution >= 0.6 is 0 Å². The van der Waals surface area contributed by atoms with Crippen molar-refractivity contribution in [1.82, 2.24) is 30.2 Å². The molecule has 0 aliphatic carbocycles. The van der Waals surface area contributed by atoms with Gasteiger partial charge in [0.1, 0.15) is 12.1 Å². The number of carboxylic acids is 5. The number of ether oxygens (including phenoxy) is 12. The van der Waals surface area contributed by atoms with E-state index in [1.54, 1.807) is 19.6 Å². The van der Waals surface area contributed by atoms with Crippen molar-refractivity contribution in [3.8, 4) is 5.75 Å². The first kappa shape index (κ1) is 82.2. The fourth-order valence-electron chi connectivity index (χ4n) is 8.38. The minimum atomic E-state index is -1.81. The molecule has 1 aromatic rings. The first-order valence-corrected chi connectivity index (χ1v) is 30.2. The van der Waals surface area contributed by atoms with Crippen LogP contribution in [0.3, 0.4) is 0 Å². The third-order valence-electron chi connectivity index (χ3n) is 13.1. The number of rotatable bonds is 55. The van der Waals surface area contributed by atoms with Crippen molar-refractivity contribution in [1.29, 1.82) is 0 Å². The average Bonchev–Trinajstić information content (AvgIpc) is 0.928. The number of nitrogens with one attached hydrogen (secondary N) is 2. The van der Waals surface area contributed by atoms with Gasteiger partial charge in [-0.1, -0.05) is 0 Å². The van der Waals surface area contributed by atoms with E-state index in [1.807, 2.05) is 0 Å². The van der Waals surface area contributed by atoms with Gasteiger partial charge in [0, 0.05) is 77.8 Å². The van der Waals surface area contributed by atoms with Crippen LogP contribution in [-0.4, -0.2) is 329 Å². The maximum Gasteiger partial charge on any atom is 0.326 e. The molecule has 1 aliphatic rings. The average molecular weight is 1340 g/mol. The molecular formula is C57H92F4N6O25. The number of carbonyl (C=O) groups is 8. The van der Waals surface area contributed by atoms with Crippen LogP contribution in [0.25, 0.3) is 0 Å². The molecule has 92 heavy (non-hydrogen) atoms. The lowest BCUT2D eigenvalue weighted by Crippen LogP contribution is -2.52. The molecule has 1 heterocycles. The fourth-order valence-corrected chi connectivity index (χ4v) is 8.38. The zero-order valence-corrected chi connectivity index (χ0v) is 51.9. The van der Waals surface area contributed by atoms with Gasteiger partial charge < -0.3 is 93.0 Å². The summed E-state index contributed by atoms with van der Waals surface area (Å²) < 4.78 is 118. The number of unbranched alkanes of at least 4 members (excludes halogenated alkanes) is 1. The molecule has 2 atom stereocenters. The zero-order chi connectivity index (χ0) is 67.6. The number of nitrogens with zero attached hydrogens (tertiary/aromatic N) is 4. The van der Waals surface area contributed by atoms with Crippen LogP contribution in [0.4, 0.5) is 17.6 Å². The van der Waals surface area contributed by atoms with Gasteiger partial charge in [0.15, 0.2) is 11.6 Å². The third kappa shape index (κ3) is 42.4. The third-order valence-corrected chi connectivity index (χ3v) is 13.1.